The SMILES string of the molecule is CC(=O)OC(c1ccncc1)C1CCC2(CC1)CCN(C(=O)OC(C)(C)C)CC2. The van der Waals surface area contributed by atoms with E-state index in [4.69, 9.17) is 9.47 Å². The van der Waals surface area contributed by atoms with E-state index in [0.29, 0.717) is 11.3 Å². The van der Waals surface area contributed by atoms with Gasteiger partial charge < -0.3 is 14.4 Å². The molecule has 0 aromatic carbocycles. The average Bonchev–Trinajstić information content (AvgIpc) is 2.67. The normalized spacial score (nSPS) is 20.9. The van der Waals surface area contributed by atoms with E-state index in [1.165, 1.54) is 6.92 Å². The molecule has 0 N–H and O–H groups in total. The van der Waals surface area contributed by atoms with Crippen LogP contribution in [0.2, 0.25) is 0 Å². The largest absolute Gasteiger partial charge is 0.457 e. The highest BCUT2D eigenvalue weighted by molar-refractivity contribution is 5.68. The molecule has 6 nitrogen and oxygen atoms in total. The van der Waals surface area contributed by atoms with Gasteiger partial charge in [0, 0.05) is 38.3 Å². The number of carbonyl (C=O) groups is 2. The first-order valence-electron chi connectivity index (χ1n) is 10.7. The number of esters is 1. The lowest BCUT2D eigenvalue weighted by molar-refractivity contribution is -0.151. The van der Waals surface area contributed by atoms with Gasteiger partial charge in [-0.05, 0) is 82.4 Å². The number of amides is 1. The Bertz CT molecular complexity index is 695. The van der Waals surface area contributed by atoms with Gasteiger partial charge in [0.2, 0.25) is 0 Å². The molecule has 29 heavy (non-hydrogen) atoms. The first kappa shape index (κ1) is 21.6. The lowest BCUT2D eigenvalue weighted by Gasteiger charge is -2.46. The first-order valence-corrected chi connectivity index (χ1v) is 10.7. The van der Waals surface area contributed by atoms with E-state index in [9.17, 15) is 9.59 Å². The van der Waals surface area contributed by atoms with Crippen molar-refractivity contribution in [3.8, 4) is 0 Å². The van der Waals surface area contributed by atoms with Crippen LogP contribution < -0.4 is 0 Å². The molecule has 1 aliphatic heterocycles. The van der Waals surface area contributed by atoms with Crippen LogP contribution >= 0.6 is 0 Å². The zero-order valence-corrected chi connectivity index (χ0v) is 18.1. The Labute approximate surface area is 174 Å². The van der Waals surface area contributed by atoms with Gasteiger partial charge in [-0.15, -0.1) is 0 Å². The number of likely N-dealkylation sites (tertiary alicyclic amines) is 1. The van der Waals surface area contributed by atoms with Crippen molar-refractivity contribution in [1.82, 2.24) is 9.88 Å². The van der Waals surface area contributed by atoms with Crippen molar-refractivity contribution < 1.29 is 19.1 Å². The molecule has 1 aliphatic carbocycles. The third-order valence-corrected chi connectivity index (χ3v) is 6.32. The van der Waals surface area contributed by atoms with E-state index in [1.54, 1.807) is 12.4 Å². The van der Waals surface area contributed by atoms with Gasteiger partial charge in [-0.1, -0.05) is 0 Å². The molecule has 3 rings (SSSR count). The van der Waals surface area contributed by atoms with E-state index in [-0.39, 0.29) is 18.2 Å². The fourth-order valence-electron chi connectivity index (χ4n) is 4.71. The Hall–Kier alpha value is -2.11. The van der Waals surface area contributed by atoms with Gasteiger partial charge >= 0.3 is 12.1 Å². The molecule has 0 radical (unpaired) electrons. The number of aromatic nitrogens is 1. The van der Waals surface area contributed by atoms with Crippen LogP contribution in [-0.4, -0.2) is 40.6 Å². The maximum Gasteiger partial charge on any atom is 0.410 e. The summed E-state index contributed by atoms with van der Waals surface area (Å²) in [5, 5.41) is 0. The van der Waals surface area contributed by atoms with Gasteiger partial charge in [-0.3, -0.25) is 9.78 Å². The summed E-state index contributed by atoms with van der Waals surface area (Å²) in [6.07, 6.45) is 9.44. The second kappa shape index (κ2) is 8.72. The van der Waals surface area contributed by atoms with Gasteiger partial charge in [0.15, 0.2) is 0 Å². The molecule has 2 heterocycles. The molecule has 0 bridgehead atoms. The maximum atomic E-state index is 12.3. The quantitative estimate of drug-likeness (QED) is 0.673. The van der Waals surface area contributed by atoms with Crippen LogP contribution in [0.15, 0.2) is 24.5 Å². The summed E-state index contributed by atoms with van der Waals surface area (Å²) in [7, 11) is 0. The Kier molecular flexibility index (Phi) is 6.49. The van der Waals surface area contributed by atoms with E-state index in [2.05, 4.69) is 4.98 Å². The number of hydrogen-bond donors (Lipinski definition) is 0. The lowest BCUT2D eigenvalue weighted by atomic mass is 9.64. The Morgan fingerprint density at radius 3 is 2.21 bits per heavy atom. The number of hydrogen-bond acceptors (Lipinski definition) is 5. The molecule has 1 saturated heterocycles. The van der Waals surface area contributed by atoms with Crippen LogP contribution in [-0.2, 0) is 14.3 Å². The summed E-state index contributed by atoms with van der Waals surface area (Å²) >= 11 is 0. The van der Waals surface area contributed by atoms with Gasteiger partial charge in [0.05, 0.1) is 0 Å². The van der Waals surface area contributed by atoms with Crippen molar-refractivity contribution in [1.29, 1.82) is 0 Å². The summed E-state index contributed by atoms with van der Waals surface area (Å²) in [5.41, 5.74) is 0.868. The monoisotopic (exact) mass is 402 g/mol. The summed E-state index contributed by atoms with van der Waals surface area (Å²) in [4.78, 5) is 29.9. The van der Waals surface area contributed by atoms with Crippen molar-refractivity contribution >= 4 is 12.1 Å². The van der Waals surface area contributed by atoms with Gasteiger partial charge in [0.1, 0.15) is 11.7 Å². The molecular weight excluding hydrogens is 368 g/mol. The molecule has 1 aromatic rings. The van der Waals surface area contributed by atoms with E-state index in [1.807, 2.05) is 37.8 Å². The smallest absolute Gasteiger partial charge is 0.410 e. The standard InChI is InChI=1S/C23H34N2O4/c1-17(26)28-20(19-7-13-24-14-8-19)18-5-9-23(10-6-18)11-15-25(16-12-23)21(27)29-22(2,3)4/h7-8,13-14,18,20H,5-6,9-12,15-16H2,1-4H3. The molecule has 1 spiro atoms. The van der Waals surface area contributed by atoms with Crippen molar-refractivity contribution in [2.24, 2.45) is 11.3 Å². The fraction of sp³-hybridized carbons (Fsp3) is 0.696. The average molecular weight is 403 g/mol. The topological polar surface area (TPSA) is 68.7 Å². The number of nitrogens with zero attached hydrogens (tertiary/aromatic N) is 2. The Morgan fingerprint density at radius 2 is 1.69 bits per heavy atom. The molecule has 1 amide bonds. The van der Waals surface area contributed by atoms with Crippen LogP contribution in [0, 0.1) is 11.3 Å². The van der Waals surface area contributed by atoms with Crippen LogP contribution in [0.25, 0.3) is 0 Å². The molecule has 2 fully saturated rings. The molecular formula is C23H34N2O4. The highest BCUT2D eigenvalue weighted by atomic mass is 16.6. The summed E-state index contributed by atoms with van der Waals surface area (Å²) < 4.78 is 11.2. The van der Waals surface area contributed by atoms with E-state index in [0.717, 1.165) is 57.2 Å². The van der Waals surface area contributed by atoms with E-state index >= 15 is 0 Å². The van der Waals surface area contributed by atoms with Crippen LogP contribution in [0.4, 0.5) is 4.79 Å². The molecule has 1 unspecified atom stereocenters. The minimum absolute atomic E-state index is 0.199. The zero-order chi connectivity index (χ0) is 21.1. The fourth-order valence-corrected chi connectivity index (χ4v) is 4.71. The van der Waals surface area contributed by atoms with Crippen molar-refractivity contribution in [2.45, 2.75) is 77.9 Å². The number of carbonyl (C=O) groups excluding carboxylic acids is 2. The molecule has 1 atom stereocenters. The first-order chi connectivity index (χ1) is 13.7. The number of piperidine rings is 1. The third kappa shape index (κ3) is 5.71. The summed E-state index contributed by atoms with van der Waals surface area (Å²) in [6, 6.07) is 3.88. The molecule has 2 aliphatic rings. The van der Waals surface area contributed by atoms with Crippen molar-refractivity contribution in [3.63, 3.8) is 0 Å². The minimum Gasteiger partial charge on any atom is -0.457 e. The molecule has 1 aromatic heterocycles. The minimum atomic E-state index is -0.455. The molecule has 1 saturated carbocycles. The van der Waals surface area contributed by atoms with Crippen LogP contribution in [0.5, 0.6) is 0 Å². The maximum absolute atomic E-state index is 12.3. The van der Waals surface area contributed by atoms with Gasteiger partial charge in [-0.25, -0.2) is 4.79 Å². The highest BCUT2D eigenvalue weighted by Crippen LogP contribution is 2.49. The van der Waals surface area contributed by atoms with Crippen LogP contribution in [0.1, 0.15) is 77.9 Å². The molecule has 160 valence electrons. The lowest BCUT2D eigenvalue weighted by Crippen LogP contribution is -2.46. The number of rotatable bonds is 3. The predicted octanol–water partition coefficient (Wildman–Crippen LogP) is 4.89. The Balaban J connectivity index is 1.57. The van der Waals surface area contributed by atoms with Gasteiger partial charge in [-0.2, -0.15) is 0 Å². The molecule has 6 heteroatoms. The predicted molar refractivity (Wildman–Crippen MR) is 110 cm³/mol. The zero-order valence-electron chi connectivity index (χ0n) is 18.1. The summed E-state index contributed by atoms with van der Waals surface area (Å²) in [6.45, 7) is 8.71. The van der Waals surface area contributed by atoms with E-state index < -0.39 is 5.60 Å². The second-order valence-corrected chi connectivity index (χ2v) is 9.62. The Morgan fingerprint density at radius 1 is 1.10 bits per heavy atom. The third-order valence-electron chi connectivity index (χ3n) is 6.32. The van der Waals surface area contributed by atoms with Crippen molar-refractivity contribution in [2.75, 3.05) is 13.1 Å². The van der Waals surface area contributed by atoms with Crippen molar-refractivity contribution in [3.05, 3.63) is 30.1 Å². The number of pyridine rings is 1. The van der Waals surface area contributed by atoms with Gasteiger partial charge in [0.25, 0.3) is 0 Å². The second-order valence-electron chi connectivity index (χ2n) is 9.62. The highest BCUT2D eigenvalue weighted by Gasteiger charge is 2.42. The van der Waals surface area contributed by atoms with Crippen LogP contribution in [0.3, 0.4) is 0 Å². The summed E-state index contributed by atoms with van der Waals surface area (Å²) in [5.74, 6) is 0.0913. The number of ether oxygens (including phenoxy) is 2.